The zero-order valence-corrected chi connectivity index (χ0v) is 24.2. The predicted octanol–water partition coefficient (Wildman–Crippen LogP) is 6.52. The summed E-state index contributed by atoms with van der Waals surface area (Å²) in [6, 6.07) is 13.6. The van der Waals surface area contributed by atoms with E-state index in [1.807, 2.05) is 12.1 Å². The van der Waals surface area contributed by atoms with E-state index >= 15 is 0 Å². The molecule has 5 rings (SSSR count). The Morgan fingerprint density at radius 2 is 1.84 bits per heavy atom. The molecule has 1 atom stereocenters. The molecule has 1 spiro atoms. The molecule has 0 saturated carbocycles. The average molecular weight is 524 g/mol. The third-order valence-corrected chi connectivity index (χ3v) is 13.6. The van der Waals surface area contributed by atoms with Crippen molar-refractivity contribution >= 4 is 19.2 Å². The van der Waals surface area contributed by atoms with Gasteiger partial charge in [-0.1, -0.05) is 39.0 Å². The van der Waals surface area contributed by atoms with Crippen LogP contribution in [0.4, 0.5) is 4.39 Å². The number of H-pyrrole nitrogens is 1. The van der Waals surface area contributed by atoms with E-state index < -0.39 is 8.32 Å². The Morgan fingerprint density at radius 1 is 1.11 bits per heavy atom. The molecule has 2 aliphatic heterocycles. The number of aromatic nitrogens is 1. The summed E-state index contributed by atoms with van der Waals surface area (Å²) in [5.41, 5.74) is 4.51. The fraction of sp³-hybridized carbons (Fsp3) is 0.533. The molecule has 3 heterocycles. The van der Waals surface area contributed by atoms with Gasteiger partial charge in [0.1, 0.15) is 11.6 Å². The Kier molecular flexibility index (Phi) is 7.03. The Labute approximate surface area is 221 Å². The summed E-state index contributed by atoms with van der Waals surface area (Å²) in [5, 5.41) is 4.96. The van der Waals surface area contributed by atoms with E-state index in [1.165, 1.54) is 16.6 Å². The van der Waals surface area contributed by atoms with E-state index in [9.17, 15) is 4.39 Å². The first-order chi connectivity index (χ1) is 17.5. The lowest BCUT2D eigenvalue weighted by molar-refractivity contribution is 0.0625. The van der Waals surface area contributed by atoms with Crippen molar-refractivity contribution in [2.24, 2.45) is 0 Å². The SMILES string of the molecule is COc1ccc2c3c([nH]c2c1)C(CO[Si](C)(C)C(C)(C)C)N(Cc1ccccc1F)CC31CCNCC1. The molecule has 2 aliphatic rings. The van der Waals surface area contributed by atoms with E-state index in [2.05, 4.69) is 67.3 Å². The maximum atomic E-state index is 14.9. The first-order valence-corrected chi connectivity index (χ1v) is 16.5. The van der Waals surface area contributed by atoms with Crippen molar-refractivity contribution in [1.82, 2.24) is 15.2 Å². The molecule has 200 valence electrons. The lowest BCUT2D eigenvalue weighted by Crippen LogP contribution is -2.53. The maximum Gasteiger partial charge on any atom is 0.192 e. The Balaban J connectivity index is 1.63. The van der Waals surface area contributed by atoms with E-state index in [0.29, 0.717) is 13.2 Å². The molecule has 37 heavy (non-hydrogen) atoms. The zero-order chi connectivity index (χ0) is 26.4. The van der Waals surface area contributed by atoms with E-state index in [-0.39, 0.29) is 22.3 Å². The molecular weight excluding hydrogens is 481 g/mol. The van der Waals surface area contributed by atoms with Gasteiger partial charge >= 0.3 is 0 Å². The van der Waals surface area contributed by atoms with Crippen LogP contribution in [-0.4, -0.2) is 51.6 Å². The topological polar surface area (TPSA) is 49.5 Å². The maximum absolute atomic E-state index is 14.9. The lowest BCUT2D eigenvalue weighted by Gasteiger charge is -2.50. The van der Waals surface area contributed by atoms with Crippen LogP contribution in [0.25, 0.3) is 10.9 Å². The molecule has 5 nitrogen and oxygen atoms in total. The molecule has 0 radical (unpaired) electrons. The third-order valence-electron chi connectivity index (χ3n) is 9.14. The highest BCUT2D eigenvalue weighted by Gasteiger charge is 2.47. The molecule has 3 aromatic rings. The number of fused-ring (bicyclic) bond motifs is 4. The van der Waals surface area contributed by atoms with Crippen LogP contribution in [0.3, 0.4) is 0 Å². The minimum absolute atomic E-state index is 0.00610. The average Bonchev–Trinajstić information content (AvgIpc) is 3.24. The first kappa shape index (κ1) is 26.4. The highest BCUT2D eigenvalue weighted by molar-refractivity contribution is 6.74. The van der Waals surface area contributed by atoms with E-state index in [0.717, 1.165) is 49.3 Å². The van der Waals surface area contributed by atoms with Crippen molar-refractivity contribution in [3.05, 3.63) is 65.1 Å². The molecule has 2 N–H and O–H groups in total. The number of aromatic amines is 1. The van der Waals surface area contributed by atoms with Crippen LogP contribution in [0.2, 0.25) is 18.1 Å². The minimum Gasteiger partial charge on any atom is -0.497 e. The second-order valence-electron chi connectivity index (χ2n) is 12.4. The molecule has 1 unspecified atom stereocenters. The summed E-state index contributed by atoms with van der Waals surface area (Å²) in [7, 11) is -0.276. The van der Waals surface area contributed by atoms with E-state index in [4.69, 9.17) is 9.16 Å². The van der Waals surface area contributed by atoms with Crippen LogP contribution >= 0.6 is 0 Å². The third kappa shape index (κ3) is 4.87. The van der Waals surface area contributed by atoms with Crippen molar-refractivity contribution in [1.29, 1.82) is 0 Å². The van der Waals surface area contributed by atoms with Gasteiger partial charge in [-0.3, -0.25) is 4.90 Å². The van der Waals surface area contributed by atoms with Crippen LogP contribution in [0, 0.1) is 5.82 Å². The van der Waals surface area contributed by atoms with Crippen LogP contribution < -0.4 is 10.1 Å². The molecule has 0 amide bonds. The van der Waals surface area contributed by atoms with Crippen molar-refractivity contribution in [3.8, 4) is 5.75 Å². The number of hydrogen-bond donors (Lipinski definition) is 2. The van der Waals surface area contributed by atoms with Gasteiger partial charge in [-0.05, 0) is 67.8 Å². The highest BCUT2D eigenvalue weighted by Crippen LogP contribution is 2.49. The summed E-state index contributed by atoms with van der Waals surface area (Å²) in [6.07, 6.45) is 2.12. The van der Waals surface area contributed by atoms with Gasteiger partial charge in [-0.2, -0.15) is 0 Å². The molecule has 1 aromatic heterocycles. The quantitative estimate of drug-likeness (QED) is 0.361. The Morgan fingerprint density at radius 3 is 2.51 bits per heavy atom. The van der Waals surface area contributed by atoms with Crippen LogP contribution in [0.1, 0.15) is 56.5 Å². The number of nitrogens with zero attached hydrogens (tertiary/aromatic N) is 1. The summed E-state index contributed by atoms with van der Waals surface area (Å²) < 4.78 is 27.3. The molecule has 0 aliphatic carbocycles. The van der Waals surface area contributed by atoms with Gasteiger partial charge in [-0.15, -0.1) is 0 Å². The number of piperidine rings is 1. The summed E-state index contributed by atoms with van der Waals surface area (Å²) >= 11 is 0. The normalized spacial score (nSPS) is 20.4. The van der Waals surface area contributed by atoms with Gasteiger partial charge in [-0.25, -0.2) is 4.39 Å². The van der Waals surface area contributed by atoms with Gasteiger partial charge in [0.25, 0.3) is 0 Å². The number of rotatable bonds is 6. The first-order valence-electron chi connectivity index (χ1n) is 13.6. The Bertz CT molecular complexity index is 1260. The van der Waals surface area contributed by atoms with Crippen LogP contribution in [0.5, 0.6) is 5.75 Å². The standard InChI is InChI=1S/C30H42FN3O2Si/c1-29(2,3)37(5,6)36-19-26-28-27(23-12-11-22(35-4)17-25(23)33-28)30(13-15-32-16-14-30)20-34(26)18-21-9-7-8-10-24(21)31/h7-12,17,26,32-33H,13-16,18-20H2,1-6H3. The van der Waals surface area contributed by atoms with Gasteiger partial charge in [0.15, 0.2) is 8.32 Å². The fourth-order valence-corrected chi connectivity index (χ4v) is 6.93. The zero-order valence-electron chi connectivity index (χ0n) is 23.2. The molecular formula is C30H42FN3O2Si. The smallest absolute Gasteiger partial charge is 0.192 e. The van der Waals surface area contributed by atoms with Crippen molar-refractivity contribution in [2.45, 2.75) is 69.7 Å². The van der Waals surface area contributed by atoms with Gasteiger partial charge in [0.05, 0.1) is 19.8 Å². The van der Waals surface area contributed by atoms with Crippen molar-refractivity contribution < 1.29 is 13.6 Å². The van der Waals surface area contributed by atoms with Crippen LogP contribution in [-0.2, 0) is 16.4 Å². The molecule has 1 fully saturated rings. The number of hydrogen-bond acceptors (Lipinski definition) is 4. The monoisotopic (exact) mass is 523 g/mol. The second-order valence-corrected chi connectivity index (χ2v) is 17.2. The minimum atomic E-state index is -1.99. The molecule has 7 heteroatoms. The molecule has 1 saturated heterocycles. The predicted molar refractivity (Wildman–Crippen MR) is 151 cm³/mol. The van der Waals surface area contributed by atoms with Crippen molar-refractivity contribution in [2.75, 3.05) is 33.4 Å². The summed E-state index contributed by atoms with van der Waals surface area (Å²) in [6.45, 7) is 15.5. The van der Waals surface area contributed by atoms with Gasteiger partial charge in [0, 0.05) is 46.7 Å². The number of nitrogens with one attached hydrogen (secondary N) is 2. The lowest BCUT2D eigenvalue weighted by atomic mass is 9.68. The Hall–Kier alpha value is -2.19. The van der Waals surface area contributed by atoms with E-state index in [1.54, 1.807) is 19.2 Å². The summed E-state index contributed by atoms with van der Waals surface area (Å²) in [5.74, 6) is 0.709. The number of benzene rings is 2. The van der Waals surface area contributed by atoms with Gasteiger partial charge < -0.3 is 19.5 Å². The highest BCUT2D eigenvalue weighted by atomic mass is 28.4. The number of ether oxygens (including phenoxy) is 1. The summed E-state index contributed by atoms with van der Waals surface area (Å²) in [4.78, 5) is 6.30. The number of methoxy groups -OCH3 is 1. The fourth-order valence-electron chi connectivity index (χ4n) is 5.92. The van der Waals surface area contributed by atoms with Crippen molar-refractivity contribution in [3.63, 3.8) is 0 Å². The van der Waals surface area contributed by atoms with Gasteiger partial charge in [0.2, 0.25) is 0 Å². The number of halogens is 1. The molecule has 0 bridgehead atoms. The van der Waals surface area contributed by atoms with Crippen LogP contribution in [0.15, 0.2) is 42.5 Å². The molecule has 2 aromatic carbocycles. The second kappa shape index (κ2) is 9.84. The largest absolute Gasteiger partial charge is 0.497 e.